The summed E-state index contributed by atoms with van der Waals surface area (Å²) in [5, 5.41) is 10.3. The fraction of sp³-hybridized carbons (Fsp3) is 1.00. The molecule has 0 aromatic rings. The third-order valence-corrected chi connectivity index (χ3v) is 6.01. The molecule has 0 aliphatic heterocycles. The van der Waals surface area contributed by atoms with Crippen LogP contribution < -0.4 is 0 Å². The Morgan fingerprint density at radius 2 is 1.78 bits per heavy atom. The van der Waals surface area contributed by atoms with E-state index in [2.05, 4.69) is 34.6 Å². The van der Waals surface area contributed by atoms with Crippen molar-refractivity contribution in [3.05, 3.63) is 0 Å². The molecule has 1 N–H and O–H groups in total. The van der Waals surface area contributed by atoms with E-state index in [1.165, 1.54) is 32.1 Å². The van der Waals surface area contributed by atoms with E-state index in [4.69, 9.17) is 0 Å². The normalized spacial score (nSPS) is 43.8. The quantitative estimate of drug-likeness (QED) is 0.759. The minimum absolute atomic E-state index is 0.0859. The van der Waals surface area contributed by atoms with Crippen LogP contribution >= 0.6 is 0 Å². The lowest BCUT2D eigenvalue weighted by molar-refractivity contribution is -0.122. The molecule has 2 fully saturated rings. The highest BCUT2D eigenvalue weighted by Gasteiger charge is 2.52. The van der Waals surface area contributed by atoms with Crippen LogP contribution in [-0.2, 0) is 0 Å². The Kier molecular flexibility index (Phi) is 3.84. The molecular weight excluding hydrogens is 220 g/mol. The molecule has 0 bridgehead atoms. The molecule has 1 heteroatoms. The molecule has 0 aromatic carbocycles. The van der Waals surface area contributed by atoms with Crippen LogP contribution in [0.25, 0.3) is 0 Å². The van der Waals surface area contributed by atoms with Gasteiger partial charge in [-0.15, -0.1) is 0 Å². The Bertz CT molecular complexity index is 294. The molecule has 0 amide bonds. The van der Waals surface area contributed by atoms with Gasteiger partial charge in [0, 0.05) is 0 Å². The van der Waals surface area contributed by atoms with Crippen LogP contribution in [0.2, 0.25) is 0 Å². The predicted octanol–water partition coefficient (Wildman–Crippen LogP) is 4.64. The van der Waals surface area contributed by atoms with Crippen LogP contribution in [0.5, 0.6) is 0 Å². The van der Waals surface area contributed by atoms with Gasteiger partial charge in [-0.1, -0.05) is 41.0 Å². The first-order valence-corrected chi connectivity index (χ1v) is 7.94. The van der Waals surface area contributed by atoms with Crippen molar-refractivity contribution in [1.82, 2.24) is 0 Å². The summed E-state index contributed by atoms with van der Waals surface area (Å²) in [7, 11) is 0. The van der Waals surface area contributed by atoms with Gasteiger partial charge in [0.2, 0.25) is 0 Å². The molecule has 18 heavy (non-hydrogen) atoms. The zero-order chi connectivity index (χ0) is 13.6. The first kappa shape index (κ1) is 14.4. The van der Waals surface area contributed by atoms with Crippen LogP contribution in [0.4, 0.5) is 0 Å². The van der Waals surface area contributed by atoms with Crippen molar-refractivity contribution >= 4 is 0 Å². The minimum Gasteiger partial charge on any atom is -0.393 e. The average Bonchev–Trinajstić information content (AvgIpc) is 2.23. The number of hydrogen-bond donors (Lipinski definition) is 1. The summed E-state index contributed by atoms with van der Waals surface area (Å²) in [4.78, 5) is 0. The number of fused-ring (bicyclic) bond motifs is 1. The third-order valence-electron chi connectivity index (χ3n) is 6.01. The highest BCUT2D eigenvalue weighted by Crippen LogP contribution is 2.59. The van der Waals surface area contributed by atoms with E-state index in [1.54, 1.807) is 0 Å². The second kappa shape index (κ2) is 4.81. The van der Waals surface area contributed by atoms with Gasteiger partial charge in [-0.2, -0.15) is 0 Å². The van der Waals surface area contributed by atoms with Crippen LogP contribution in [-0.4, -0.2) is 11.2 Å². The van der Waals surface area contributed by atoms with Crippen LogP contribution in [0.1, 0.15) is 73.1 Å². The maximum absolute atomic E-state index is 10.3. The van der Waals surface area contributed by atoms with Gasteiger partial charge in [0.1, 0.15) is 0 Å². The van der Waals surface area contributed by atoms with Crippen molar-refractivity contribution in [2.75, 3.05) is 0 Å². The molecule has 0 radical (unpaired) electrons. The SMILES string of the molecule is CC(C)CC1CCC2C(C)(CCC(O)C2(C)C)C1. The molecule has 4 atom stereocenters. The van der Waals surface area contributed by atoms with Crippen molar-refractivity contribution in [2.45, 2.75) is 79.2 Å². The largest absolute Gasteiger partial charge is 0.393 e. The van der Waals surface area contributed by atoms with E-state index in [1.807, 2.05) is 0 Å². The number of aliphatic hydroxyl groups is 1. The number of hydrogen-bond acceptors (Lipinski definition) is 1. The van der Waals surface area contributed by atoms with Gasteiger partial charge in [0.15, 0.2) is 0 Å². The zero-order valence-corrected chi connectivity index (χ0v) is 13.0. The molecular formula is C17H32O. The second-order valence-corrected chi connectivity index (χ2v) is 8.36. The monoisotopic (exact) mass is 252 g/mol. The zero-order valence-electron chi connectivity index (χ0n) is 13.0. The first-order chi connectivity index (χ1) is 8.25. The Morgan fingerprint density at radius 3 is 2.39 bits per heavy atom. The fourth-order valence-electron chi connectivity index (χ4n) is 5.14. The van der Waals surface area contributed by atoms with Gasteiger partial charge in [-0.3, -0.25) is 0 Å². The van der Waals surface area contributed by atoms with Crippen LogP contribution in [0, 0.1) is 28.6 Å². The van der Waals surface area contributed by atoms with Crippen LogP contribution in [0.3, 0.4) is 0 Å². The topological polar surface area (TPSA) is 20.2 Å². The molecule has 4 unspecified atom stereocenters. The molecule has 1 nitrogen and oxygen atoms in total. The van der Waals surface area contributed by atoms with Crippen molar-refractivity contribution in [2.24, 2.45) is 28.6 Å². The van der Waals surface area contributed by atoms with E-state index in [0.717, 1.165) is 24.2 Å². The van der Waals surface area contributed by atoms with E-state index in [9.17, 15) is 5.11 Å². The predicted molar refractivity (Wildman–Crippen MR) is 77.4 cm³/mol. The Balaban J connectivity index is 2.11. The van der Waals surface area contributed by atoms with Gasteiger partial charge in [-0.05, 0) is 60.7 Å². The smallest absolute Gasteiger partial charge is 0.0594 e. The summed E-state index contributed by atoms with van der Waals surface area (Å²) in [5.41, 5.74) is 0.607. The highest BCUT2D eigenvalue weighted by atomic mass is 16.3. The van der Waals surface area contributed by atoms with Gasteiger partial charge in [0.05, 0.1) is 6.10 Å². The molecule has 0 heterocycles. The third kappa shape index (κ3) is 2.48. The minimum atomic E-state index is -0.0859. The number of rotatable bonds is 2. The Hall–Kier alpha value is -0.0400. The summed E-state index contributed by atoms with van der Waals surface area (Å²) < 4.78 is 0. The maximum atomic E-state index is 10.3. The van der Waals surface area contributed by atoms with E-state index in [0.29, 0.717) is 5.41 Å². The standard InChI is InChI=1S/C17H32O/c1-12(2)10-13-6-7-14-16(3,4)15(18)8-9-17(14,5)11-13/h12-15,18H,6-11H2,1-5H3. The van der Waals surface area contributed by atoms with Gasteiger partial charge in [0.25, 0.3) is 0 Å². The van der Waals surface area contributed by atoms with E-state index in [-0.39, 0.29) is 11.5 Å². The molecule has 2 aliphatic rings. The molecule has 0 saturated heterocycles. The molecule has 0 spiro atoms. The lowest BCUT2D eigenvalue weighted by Crippen LogP contribution is -2.52. The lowest BCUT2D eigenvalue weighted by atomic mass is 9.49. The van der Waals surface area contributed by atoms with Crippen molar-refractivity contribution < 1.29 is 5.11 Å². The molecule has 2 saturated carbocycles. The second-order valence-electron chi connectivity index (χ2n) is 8.36. The maximum Gasteiger partial charge on any atom is 0.0594 e. The summed E-state index contributed by atoms with van der Waals surface area (Å²) in [6.45, 7) is 11.8. The summed E-state index contributed by atoms with van der Waals surface area (Å²) in [5.74, 6) is 2.48. The lowest BCUT2D eigenvalue weighted by Gasteiger charge is -2.57. The molecule has 2 rings (SSSR count). The summed E-state index contributed by atoms with van der Waals surface area (Å²) >= 11 is 0. The summed E-state index contributed by atoms with van der Waals surface area (Å²) in [6.07, 6.45) is 7.66. The van der Waals surface area contributed by atoms with Gasteiger partial charge in [-0.25, -0.2) is 0 Å². The fourth-order valence-corrected chi connectivity index (χ4v) is 5.14. The average molecular weight is 252 g/mol. The molecule has 106 valence electrons. The van der Waals surface area contributed by atoms with Crippen molar-refractivity contribution in [3.8, 4) is 0 Å². The van der Waals surface area contributed by atoms with Crippen molar-refractivity contribution in [1.29, 1.82) is 0 Å². The Morgan fingerprint density at radius 1 is 1.11 bits per heavy atom. The van der Waals surface area contributed by atoms with Crippen LogP contribution in [0.15, 0.2) is 0 Å². The van der Waals surface area contributed by atoms with E-state index < -0.39 is 0 Å². The van der Waals surface area contributed by atoms with Gasteiger partial charge < -0.3 is 5.11 Å². The Labute approximate surface area is 113 Å². The molecule has 0 aromatic heterocycles. The highest BCUT2D eigenvalue weighted by molar-refractivity contribution is 5.02. The van der Waals surface area contributed by atoms with E-state index >= 15 is 0 Å². The van der Waals surface area contributed by atoms with Crippen molar-refractivity contribution in [3.63, 3.8) is 0 Å². The first-order valence-electron chi connectivity index (χ1n) is 7.94. The van der Waals surface area contributed by atoms with Gasteiger partial charge >= 0.3 is 0 Å². The molecule has 2 aliphatic carbocycles. The summed E-state index contributed by atoms with van der Waals surface area (Å²) in [6, 6.07) is 0. The number of aliphatic hydroxyl groups excluding tert-OH is 1.